The van der Waals surface area contributed by atoms with Crippen LogP contribution in [0.2, 0.25) is 5.02 Å². The second-order valence-electron chi connectivity index (χ2n) is 7.79. The van der Waals surface area contributed by atoms with Crippen LogP contribution in [0.1, 0.15) is 16.7 Å². The Labute approximate surface area is 237 Å². The molecule has 0 atom stereocenters. The zero-order valence-electron chi connectivity index (χ0n) is 20.2. The van der Waals surface area contributed by atoms with Crippen LogP contribution in [0.4, 0.5) is 5.69 Å². The van der Waals surface area contributed by atoms with E-state index in [0.717, 1.165) is 9.87 Å². The van der Waals surface area contributed by atoms with Crippen molar-refractivity contribution in [3.63, 3.8) is 0 Å². The Kier molecular flexibility index (Phi) is 10.8. The van der Waals surface area contributed by atoms with Crippen LogP contribution in [0.25, 0.3) is 0 Å². The number of aliphatic carboxylic acids is 1. The SMILES string of the molecule is Cc1ccc(S(=O)(=O)N(CC(=O)NCc2ccc(OCC(=O)[O-])cc2)c2cccc(Cl)c2C)cc1.[Na+]. The summed E-state index contributed by atoms with van der Waals surface area (Å²) in [6.45, 7) is 2.66. The molecular weight excluding hydrogens is 515 g/mol. The summed E-state index contributed by atoms with van der Waals surface area (Å²) < 4.78 is 33.1. The minimum Gasteiger partial charge on any atom is -0.546 e. The van der Waals surface area contributed by atoms with Crippen molar-refractivity contribution in [2.45, 2.75) is 25.3 Å². The summed E-state index contributed by atoms with van der Waals surface area (Å²) in [5, 5.41) is 13.6. The fourth-order valence-corrected chi connectivity index (χ4v) is 4.88. The van der Waals surface area contributed by atoms with Gasteiger partial charge < -0.3 is 20.0 Å². The summed E-state index contributed by atoms with van der Waals surface area (Å²) in [7, 11) is -4.06. The fraction of sp³-hybridized carbons (Fsp3) is 0.200. The van der Waals surface area contributed by atoms with Gasteiger partial charge in [-0.05, 0) is 61.4 Å². The van der Waals surface area contributed by atoms with Gasteiger partial charge in [0, 0.05) is 11.6 Å². The molecule has 0 saturated carbocycles. The van der Waals surface area contributed by atoms with Crippen molar-refractivity contribution < 1.29 is 57.4 Å². The number of benzene rings is 3. The molecule has 0 bridgehead atoms. The van der Waals surface area contributed by atoms with Crippen molar-refractivity contribution >= 4 is 39.2 Å². The Balaban J connectivity index is 0.00000456. The van der Waals surface area contributed by atoms with Crippen molar-refractivity contribution in [1.29, 1.82) is 0 Å². The zero-order chi connectivity index (χ0) is 25.6. The number of carbonyl (C=O) groups excluding carboxylic acids is 2. The molecule has 0 aliphatic heterocycles. The van der Waals surface area contributed by atoms with Crippen LogP contribution in [-0.4, -0.2) is 33.4 Å². The zero-order valence-corrected chi connectivity index (χ0v) is 23.7. The minimum atomic E-state index is -4.06. The number of ether oxygens (including phenoxy) is 1. The van der Waals surface area contributed by atoms with Crippen LogP contribution >= 0.6 is 11.6 Å². The Morgan fingerprint density at radius 1 is 1.00 bits per heavy atom. The largest absolute Gasteiger partial charge is 1.00 e. The predicted octanol–water partition coefficient (Wildman–Crippen LogP) is -0.399. The number of sulfonamides is 1. The Morgan fingerprint density at radius 3 is 2.25 bits per heavy atom. The van der Waals surface area contributed by atoms with E-state index in [1.54, 1.807) is 61.5 Å². The third-order valence-corrected chi connectivity index (χ3v) is 7.36. The molecule has 11 heteroatoms. The number of halogens is 1. The summed E-state index contributed by atoms with van der Waals surface area (Å²) in [5.74, 6) is -1.50. The van der Waals surface area contributed by atoms with E-state index in [1.807, 2.05) is 6.92 Å². The number of carbonyl (C=O) groups is 2. The van der Waals surface area contributed by atoms with E-state index in [2.05, 4.69) is 5.32 Å². The van der Waals surface area contributed by atoms with E-state index < -0.39 is 35.1 Å². The molecule has 0 fully saturated rings. The molecule has 3 aromatic carbocycles. The maximum atomic E-state index is 13.5. The second-order valence-corrected chi connectivity index (χ2v) is 10.1. The standard InChI is InChI=1S/C25H25ClN2O6S.Na/c1-17-6-12-21(13-7-17)35(32,33)28(23-5-3-4-22(26)18(23)2)15-24(29)27-14-19-8-10-20(11-9-19)34-16-25(30)31;/h3-13H,14-16H2,1-2H3,(H,27,29)(H,30,31);/q;+1/p-1. The molecule has 3 rings (SSSR count). The van der Waals surface area contributed by atoms with Crippen molar-refractivity contribution in [2.75, 3.05) is 17.5 Å². The summed E-state index contributed by atoms with van der Waals surface area (Å²) >= 11 is 6.24. The molecule has 8 nitrogen and oxygen atoms in total. The number of amides is 1. The molecule has 1 amide bonds. The van der Waals surface area contributed by atoms with Crippen molar-refractivity contribution in [1.82, 2.24) is 5.32 Å². The number of rotatable bonds is 10. The van der Waals surface area contributed by atoms with Crippen LogP contribution in [0.5, 0.6) is 5.75 Å². The van der Waals surface area contributed by atoms with E-state index in [4.69, 9.17) is 16.3 Å². The Hall–Kier alpha value is -2.56. The molecule has 0 radical (unpaired) electrons. The molecule has 0 heterocycles. The summed E-state index contributed by atoms with van der Waals surface area (Å²) in [6, 6.07) is 17.7. The molecule has 0 aromatic heterocycles. The van der Waals surface area contributed by atoms with Gasteiger partial charge in [0.25, 0.3) is 10.0 Å². The number of anilines is 1. The average molecular weight is 539 g/mol. The van der Waals surface area contributed by atoms with E-state index in [0.29, 0.717) is 27.6 Å². The van der Waals surface area contributed by atoms with Gasteiger partial charge in [0.05, 0.1) is 16.6 Å². The maximum absolute atomic E-state index is 13.5. The van der Waals surface area contributed by atoms with Gasteiger partial charge in [-0.15, -0.1) is 0 Å². The number of hydrogen-bond donors (Lipinski definition) is 1. The number of aryl methyl sites for hydroxylation is 1. The van der Waals surface area contributed by atoms with Crippen LogP contribution in [-0.2, 0) is 26.2 Å². The van der Waals surface area contributed by atoms with Crippen molar-refractivity contribution in [2.24, 2.45) is 0 Å². The quantitative estimate of drug-likeness (QED) is 0.351. The minimum absolute atomic E-state index is 0. The first-order chi connectivity index (χ1) is 16.6. The molecule has 184 valence electrons. The third kappa shape index (κ3) is 7.72. The van der Waals surface area contributed by atoms with Gasteiger partial charge in [-0.25, -0.2) is 8.42 Å². The fourth-order valence-electron chi connectivity index (χ4n) is 3.24. The molecule has 0 saturated heterocycles. The molecule has 3 aromatic rings. The first-order valence-electron chi connectivity index (χ1n) is 10.6. The topological polar surface area (TPSA) is 116 Å². The normalized spacial score (nSPS) is 10.8. The van der Waals surface area contributed by atoms with Crippen molar-refractivity contribution in [3.8, 4) is 5.75 Å². The van der Waals surface area contributed by atoms with E-state index >= 15 is 0 Å². The van der Waals surface area contributed by atoms with Gasteiger partial charge >= 0.3 is 29.6 Å². The number of nitrogens with one attached hydrogen (secondary N) is 1. The number of nitrogens with zero attached hydrogens (tertiary/aromatic N) is 1. The number of carboxylic acids is 1. The van der Waals surface area contributed by atoms with Gasteiger partial charge in [0.15, 0.2) is 0 Å². The van der Waals surface area contributed by atoms with E-state index in [9.17, 15) is 23.1 Å². The summed E-state index contributed by atoms with van der Waals surface area (Å²) in [4.78, 5) is 23.4. The van der Waals surface area contributed by atoms with Crippen molar-refractivity contribution in [3.05, 3.63) is 88.4 Å². The third-order valence-electron chi connectivity index (χ3n) is 5.17. The van der Waals surface area contributed by atoms with Gasteiger partial charge in [0.2, 0.25) is 5.91 Å². The van der Waals surface area contributed by atoms with E-state index in [-0.39, 0.29) is 41.0 Å². The molecule has 0 aliphatic rings. The Morgan fingerprint density at radius 2 is 1.64 bits per heavy atom. The smallest absolute Gasteiger partial charge is 0.546 e. The second kappa shape index (κ2) is 13.1. The first kappa shape index (κ1) is 29.7. The predicted molar refractivity (Wildman–Crippen MR) is 131 cm³/mol. The monoisotopic (exact) mass is 538 g/mol. The van der Waals surface area contributed by atoms with Crippen LogP contribution in [0, 0.1) is 13.8 Å². The number of hydrogen-bond acceptors (Lipinski definition) is 6. The molecular formula is C25H24ClN2NaO6S. The number of carboxylic acid groups (broad SMARTS) is 1. The molecule has 36 heavy (non-hydrogen) atoms. The summed E-state index contributed by atoms with van der Waals surface area (Å²) in [5.41, 5.74) is 2.46. The van der Waals surface area contributed by atoms with E-state index in [1.165, 1.54) is 12.1 Å². The van der Waals surface area contributed by atoms with Gasteiger partial charge in [-0.2, -0.15) is 0 Å². The maximum Gasteiger partial charge on any atom is 1.00 e. The van der Waals surface area contributed by atoms with Crippen LogP contribution in [0.15, 0.2) is 71.6 Å². The molecule has 1 N–H and O–H groups in total. The van der Waals surface area contributed by atoms with Crippen LogP contribution in [0.3, 0.4) is 0 Å². The Bertz CT molecular complexity index is 1320. The first-order valence-corrected chi connectivity index (χ1v) is 12.4. The average Bonchev–Trinajstić information content (AvgIpc) is 2.82. The summed E-state index contributed by atoms with van der Waals surface area (Å²) in [6.07, 6.45) is 0. The molecule has 0 unspecified atom stereocenters. The van der Waals surface area contributed by atoms with Crippen LogP contribution < -0.4 is 49.0 Å². The van der Waals surface area contributed by atoms with Gasteiger partial charge in [-0.3, -0.25) is 9.10 Å². The van der Waals surface area contributed by atoms with Gasteiger partial charge in [0.1, 0.15) is 18.9 Å². The van der Waals surface area contributed by atoms with Gasteiger partial charge in [-0.1, -0.05) is 47.5 Å². The molecule has 0 aliphatic carbocycles. The molecule has 0 spiro atoms.